The monoisotopic (exact) mass is 269 g/mol. The molecule has 0 amide bonds. The van der Waals surface area contributed by atoms with Crippen LogP contribution in [0.25, 0.3) is 0 Å². The standard InChI is InChI=1S/C17H19NO2/c1-12-17(16(8-9-18-12)14-6-7-14)20-11-13-4-3-5-15(10-13)19-2/h3-5,8-10,14H,6-7,11H2,1-2H3. The van der Waals surface area contributed by atoms with E-state index < -0.39 is 0 Å². The van der Waals surface area contributed by atoms with E-state index in [-0.39, 0.29) is 0 Å². The lowest BCUT2D eigenvalue weighted by Crippen LogP contribution is -2.01. The van der Waals surface area contributed by atoms with Gasteiger partial charge in [0.2, 0.25) is 0 Å². The van der Waals surface area contributed by atoms with Crippen molar-refractivity contribution in [2.24, 2.45) is 0 Å². The van der Waals surface area contributed by atoms with Gasteiger partial charge in [0.1, 0.15) is 18.1 Å². The van der Waals surface area contributed by atoms with Crippen LogP contribution in [0, 0.1) is 6.92 Å². The summed E-state index contributed by atoms with van der Waals surface area (Å²) in [4.78, 5) is 4.35. The first-order chi connectivity index (χ1) is 9.78. The summed E-state index contributed by atoms with van der Waals surface area (Å²) in [5.74, 6) is 2.48. The van der Waals surface area contributed by atoms with Crippen molar-refractivity contribution >= 4 is 0 Å². The Balaban J connectivity index is 1.77. The third kappa shape index (κ3) is 2.77. The third-order valence-electron chi connectivity index (χ3n) is 3.65. The van der Waals surface area contributed by atoms with Crippen molar-refractivity contribution < 1.29 is 9.47 Å². The normalized spacial score (nSPS) is 14.1. The number of benzene rings is 1. The van der Waals surface area contributed by atoms with Gasteiger partial charge in [0, 0.05) is 11.8 Å². The first kappa shape index (κ1) is 13.0. The van der Waals surface area contributed by atoms with E-state index in [9.17, 15) is 0 Å². The second kappa shape index (κ2) is 5.53. The molecule has 0 saturated heterocycles. The van der Waals surface area contributed by atoms with Gasteiger partial charge in [0.15, 0.2) is 0 Å². The zero-order valence-corrected chi connectivity index (χ0v) is 11.9. The summed E-state index contributed by atoms with van der Waals surface area (Å²) in [7, 11) is 1.68. The van der Waals surface area contributed by atoms with Crippen LogP contribution < -0.4 is 9.47 Å². The van der Waals surface area contributed by atoms with Crippen molar-refractivity contribution in [2.45, 2.75) is 32.3 Å². The average Bonchev–Trinajstić information content (AvgIpc) is 3.30. The fourth-order valence-electron chi connectivity index (χ4n) is 2.39. The Morgan fingerprint density at radius 2 is 2.10 bits per heavy atom. The maximum atomic E-state index is 6.04. The van der Waals surface area contributed by atoms with Crippen LogP contribution in [0.4, 0.5) is 0 Å². The minimum atomic E-state index is 0.545. The second-order valence-corrected chi connectivity index (χ2v) is 5.23. The molecule has 3 nitrogen and oxygen atoms in total. The van der Waals surface area contributed by atoms with Crippen LogP contribution in [0.5, 0.6) is 11.5 Å². The predicted octanol–water partition coefficient (Wildman–Crippen LogP) is 3.86. The molecule has 1 aromatic heterocycles. The van der Waals surface area contributed by atoms with Gasteiger partial charge in [-0.3, -0.25) is 4.98 Å². The maximum Gasteiger partial charge on any atom is 0.144 e. The van der Waals surface area contributed by atoms with Crippen LogP contribution in [0.2, 0.25) is 0 Å². The third-order valence-corrected chi connectivity index (χ3v) is 3.65. The summed E-state index contributed by atoms with van der Waals surface area (Å²) >= 11 is 0. The number of methoxy groups -OCH3 is 1. The van der Waals surface area contributed by atoms with E-state index in [1.807, 2.05) is 37.4 Å². The molecule has 0 N–H and O–H groups in total. The van der Waals surface area contributed by atoms with Crippen LogP contribution in [0.1, 0.15) is 35.6 Å². The molecule has 1 aromatic carbocycles. The van der Waals surface area contributed by atoms with Crippen LogP contribution in [0.3, 0.4) is 0 Å². The number of aromatic nitrogens is 1. The van der Waals surface area contributed by atoms with Gasteiger partial charge in [0.25, 0.3) is 0 Å². The molecule has 0 spiro atoms. The quantitative estimate of drug-likeness (QED) is 0.826. The van der Waals surface area contributed by atoms with E-state index in [2.05, 4.69) is 11.1 Å². The molecule has 0 atom stereocenters. The lowest BCUT2D eigenvalue weighted by Gasteiger charge is -2.13. The van der Waals surface area contributed by atoms with Gasteiger partial charge in [0.05, 0.1) is 12.8 Å². The Kier molecular flexibility index (Phi) is 3.59. The molecule has 3 heteroatoms. The molecule has 0 unspecified atom stereocenters. The van der Waals surface area contributed by atoms with E-state index in [1.54, 1.807) is 7.11 Å². The molecule has 0 radical (unpaired) electrons. The van der Waals surface area contributed by atoms with Crippen LogP contribution in [-0.2, 0) is 6.61 Å². The van der Waals surface area contributed by atoms with Crippen molar-refractivity contribution in [1.29, 1.82) is 0 Å². The summed E-state index contributed by atoms with van der Waals surface area (Å²) < 4.78 is 11.3. The van der Waals surface area contributed by atoms with Crippen LogP contribution in [0.15, 0.2) is 36.5 Å². The highest BCUT2D eigenvalue weighted by atomic mass is 16.5. The topological polar surface area (TPSA) is 31.4 Å². The molecule has 1 aliphatic rings. The molecular formula is C17H19NO2. The summed E-state index contributed by atoms with van der Waals surface area (Å²) in [6.45, 7) is 2.55. The molecule has 0 bridgehead atoms. The Hall–Kier alpha value is -2.03. The number of hydrogen-bond acceptors (Lipinski definition) is 3. The highest BCUT2D eigenvalue weighted by Crippen LogP contribution is 2.44. The SMILES string of the molecule is COc1cccc(COc2c(C3CC3)ccnc2C)c1. The van der Waals surface area contributed by atoms with E-state index in [0.717, 1.165) is 22.8 Å². The zero-order valence-electron chi connectivity index (χ0n) is 11.9. The first-order valence-corrected chi connectivity index (χ1v) is 6.99. The average molecular weight is 269 g/mol. The molecule has 20 heavy (non-hydrogen) atoms. The van der Waals surface area contributed by atoms with Crippen molar-refractivity contribution in [3.63, 3.8) is 0 Å². The second-order valence-electron chi connectivity index (χ2n) is 5.23. The Morgan fingerprint density at radius 3 is 2.85 bits per heavy atom. The van der Waals surface area contributed by atoms with Gasteiger partial charge in [-0.05, 0) is 49.4 Å². The van der Waals surface area contributed by atoms with Crippen molar-refractivity contribution in [2.75, 3.05) is 7.11 Å². The van der Waals surface area contributed by atoms with E-state index in [1.165, 1.54) is 18.4 Å². The number of aryl methyl sites for hydroxylation is 1. The Bertz CT molecular complexity index is 606. The number of rotatable bonds is 5. The fraction of sp³-hybridized carbons (Fsp3) is 0.353. The Morgan fingerprint density at radius 1 is 1.25 bits per heavy atom. The number of pyridine rings is 1. The van der Waals surface area contributed by atoms with Crippen molar-refractivity contribution in [1.82, 2.24) is 4.98 Å². The molecule has 3 rings (SSSR count). The smallest absolute Gasteiger partial charge is 0.144 e. The highest BCUT2D eigenvalue weighted by molar-refractivity contribution is 5.41. The van der Waals surface area contributed by atoms with Gasteiger partial charge in [-0.1, -0.05) is 12.1 Å². The van der Waals surface area contributed by atoms with Gasteiger partial charge < -0.3 is 9.47 Å². The number of hydrogen-bond donors (Lipinski definition) is 0. The Labute approximate surface area is 119 Å². The minimum absolute atomic E-state index is 0.545. The van der Waals surface area contributed by atoms with Gasteiger partial charge in [-0.2, -0.15) is 0 Å². The number of nitrogens with zero attached hydrogens (tertiary/aromatic N) is 1. The summed E-state index contributed by atoms with van der Waals surface area (Å²) in [6, 6.07) is 10.1. The van der Waals surface area contributed by atoms with Crippen molar-refractivity contribution in [3.05, 3.63) is 53.3 Å². The lowest BCUT2D eigenvalue weighted by atomic mass is 10.1. The van der Waals surface area contributed by atoms with Gasteiger partial charge >= 0.3 is 0 Å². The maximum absolute atomic E-state index is 6.04. The fourth-order valence-corrected chi connectivity index (χ4v) is 2.39. The molecule has 0 aliphatic heterocycles. The molecule has 2 aromatic rings. The van der Waals surface area contributed by atoms with Gasteiger partial charge in [-0.25, -0.2) is 0 Å². The molecule has 1 fully saturated rings. The van der Waals surface area contributed by atoms with Crippen LogP contribution >= 0.6 is 0 Å². The van der Waals surface area contributed by atoms with E-state index in [4.69, 9.17) is 9.47 Å². The summed E-state index contributed by atoms with van der Waals surface area (Å²) in [5.41, 5.74) is 3.38. The highest BCUT2D eigenvalue weighted by Gasteiger charge is 2.27. The summed E-state index contributed by atoms with van der Waals surface area (Å²) in [5, 5.41) is 0. The molecule has 1 heterocycles. The molecule has 1 saturated carbocycles. The van der Waals surface area contributed by atoms with Gasteiger partial charge in [-0.15, -0.1) is 0 Å². The predicted molar refractivity (Wildman–Crippen MR) is 78.3 cm³/mol. The first-order valence-electron chi connectivity index (χ1n) is 6.99. The number of ether oxygens (including phenoxy) is 2. The minimum Gasteiger partial charge on any atom is -0.497 e. The lowest BCUT2D eigenvalue weighted by molar-refractivity contribution is 0.298. The van der Waals surface area contributed by atoms with E-state index >= 15 is 0 Å². The van der Waals surface area contributed by atoms with Crippen molar-refractivity contribution in [3.8, 4) is 11.5 Å². The molecule has 1 aliphatic carbocycles. The van der Waals surface area contributed by atoms with Crippen LogP contribution in [-0.4, -0.2) is 12.1 Å². The molecular weight excluding hydrogens is 250 g/mol. The largest absolute Gasteiger partial charge is 0.497 e. The summed E-state index contributed by atoms with van der Waals surface area (Å²) in [6.07, 6.45) is 4.40. The zero-order chi connectivity index (χ0) is 13.9. The molecule has 104 valence electrons. The van der Waals surface area contributed by atoms with E-state index in [0.29, 0.717) is 12.5 Å².